The number of nitrogens with one attached hydrogen (secondary N) is 1. The van der Waals surface area contributed by atoms with Gasteiger partial charge in [0.15, 0.2) is 0 Å². The molecule has 0 radical (unpaired) electrons. The number of aromatic nitrogens is 1. The van der Waals surface area contributed by atoms with Crippen molar-refractivity contribution in [3.63, 3.8) is 0 Å². The third kappa shape index (κ3) is 3.60. The average Bonchev–Trinajstić information content (AvgIpc) is 2.62. The van der Waals surface area contributed by atoms with Gasteiger partial charge in [-0.05, 0) is 36.4 Å². The minimum Gasteiger partial charge on any atom is -0.336 e. The monoisotopic (exact) mass is 381 g/mol. The van der Waals surface area contributed by atoms with Gasteiger partial charge in [-0.25, -0.2) is 8.42 Å². The number of benzene rings is 1. The molecule has 0 aliphatic carbocycles. The summed E-state index contributed by atoms with van der Waals surface area (Å²) in [4.78, 5) is 28.2. The van der Waals surface area contributed by atoms with E-state index in [1.165, 1.54) is 45.7 Å². The second-order valence-corrected chi connectivity index (χ2v) is 7.94. The van der Waals surface area contributed by atoms with E-state index in [0.29, 0.717) is 5.02 Å². The van der Waals surface area contributed by atoms with Gasteiger partial charge >= 0.3 is 0 Å². The van der Waals surface area contributed by atoms with Crippen LogP contribution >= 0.6 is 11.6 Å². The van der Waals surface area contributed by atoms with Crippen LogP contribution in [0.2, 0.25) is 5.02 Å². The van der Waals surface area contributed by atoms with Crippen molar-refractivity contribution in [1.82, 2.24) is 14.2 Å². The average molecular weight is 382 g/mol. The highest BCUT2D eigenvalue weighted by atomic mass is 35.5. The Balaban J connectivity index is 1.71. The van der Waals surface area contributed by atoms with Crippen LogP contribution in [0.3, 0.4) is 0 Å². The van der Waals surface area contributed by atoms with Crippen LogP contribution in [0.15, 0.2) is 52.3 Å². The molecule has 1 aromatic carbocycles. The molecule has 1 aliphatic heterocycles. The summed E-state index contributed by atoms with van der Waals surface area (Å²) < 4.78 is 26.6. The number of hydrogen-bond donors (Lipinski definition) is 1. The highest BCUT2D eigenvalue weighted by molar-refractivity contribution is 7.89. The van der Waals surface area contributed by atoms with Crippen molar-refractivity contribution in [3.05, 3.63) is 63.5 Å². The molecule has 1 amide bonds. The maximum atomic E-state index is 12.6. The number of H-pyrrole nitrogens is 1. The molecule has 0 bridgehead atoms. The topological polar surface area (TPSA) is 90.6 Å². The number of sulfonamides is 1. The lowest BCUT2D eigenvalue weighted by Crippen LogP contribution is -2.51. The molecule has 1 aliphatic rings. The number of halogens is 1. The highest BCUT2D eigenvalue weighted by Gasteiger charge is 2.30. The third-order valence-electron chi connectivity index (χ3n) is 4.03. The third-order valence-corrected chi connectivity index (χ3v) is 6.19. The Morgan fingerprint density at radius 3 is 2.28 bits per heavy atom. The number of rotatable bonds is 3. The molecule has 9 heteroatoms. The van der Waals surface area contributed by atoms with E-state index in [1.54, 1.807) is 6.07 Å². The van der Waals surface area contributed by atoms with Crippen LogP contribution in [-0.4, -0.2) is 54.7 Å². The van der Waals surface area contributed by atoms with Gasteiger partial charge in [0.2, 0.25) is 10.0 Å². The molecule has 3 rings (SSSR count). The first-order valence-electron chi connectivity index (χ1n) is 7.62. The predicted octanol–water partition coefficient (Wildman–Crippen LogP) is 1.18. The standard InChI is InChI=1S/C16H16ClN3O4S/c17-12-3-5-13(6-4-12)25(23,24)20-10-8-19(9-11-20)16(22)14-2-1-7-18-15(14)21/h1-7H,8-11H2,(H,18,21). The Labute approximate surface area is 149 Å². The molecule has 7 nitrogen and oxygen atoms in total. The van der Waals surface area contributed by atoms with E-state index in [4.69, 9.17) is 11.6 Å². The Kier molecular flexibility index (Phi) is 4.94. The zero-order chi connectivity index (χ0) is 18.0. The molecule has 2 heterocycles. The van der Waals surface area contributed by atoms with Crippen molar-refractivity contribution in [2.75, 3.05) is 26.2 Å². The molecule has 0 saturated carbocycles. The Morgan fingerprint density at radius 2 is 1.68 bits per heavy atom. The van der Waals surface area contributed by atoms with Crippen molar-refractivity contribution >= 4 is 27.5 Å². The molecule has 132 valence electrons. The zero-order valence-electron chi connectivity index (χ0n) is 13.2. The SMILES string of the molecule is O=C(c1ccc[nH]c1=O)N1CCN(S(=O)(=O)c2ccc(Cl)cc2)CC1. The number of pyridine rings is 1. The first-order chi connectivity index (χ1) is 11.9. The number of hydrogen-bond acceptors (Lipinski definition) is 4. The second kappa shape index (κ2) is 6.99. The molecule has 25 heavy (non-hydrogen) atoms. The first-order valence-corrected chi connectivity index (χ1v) is 9.44. The van der Waals surface area contributed by atoms with Crippen molar-refractivity contribution in [1.29, 1.82) is 0 Å². The lowest BCUT2D eigenvalue weighted by Gasteiger charge is -2.33. The van der Waals surface area contributed by atoms with Crippen molar-refractivity contribution in [3.8, 4) is 0 Å². The van der Waals surface area contributed by atoms with Gasteiger partial charge in [-0.2, -0.15) is 4.31 Å². The predicted molar refractivity (Wildman–Crippen MR) is 93.2 cm³/mol. The van der Waals surface area contributed by atoms with E-state index in [-0.39, 0.29) is 36.6 Å². The van der Waals surface area contributed by atoms with Crippen LogP contribution < -0.4 is 5.56 Å². The van der Waals surface area contributed by atoms with Crippen LogP contribution in [-0.2, 0) is 10.0 Å². The molecule has 2 aromatic rings. The molecule has 0 atom stereocenters. The summed E-state index contributed by atoms with van der Waals surface area (Å²) in [6, 6.07) is 9.00. The fourth-order valence-corrected chi connectivity index (χ4v) is 4.20. The maximum Gasteiger partial charge on any atom is 0.260 e. The molecule has 0 spiro atoms. The van der Waals surface area contributed by atoms with Crippen molar-refractivity contribution in [2.45, 2.75) is 4.90 Å². The number of carbonyl (C=O) groups is 1. The number of aromatic amines is 1. The van der Waals surface area contributed by atoms with Crippen LogP contribution in [0.1, 0.15) is 10.4 Å². The van der Waals surface area contributed by atoms with Gasteiger partial charge in [0, 0.05) is 37.4 Å². The van der Waals surface area contributed by atoms with Crippen molar-refractivity contribution in [2.24, 2.45) is 0 Å². The number of amides is 1. The zero-order valence-corrected chi connectivity index (χ0v) is 14.8. The van der Waals surface area contributed by atoms with E-state index >= 15 is 0 Å². The van der Waals surface area contributed by atoms with E-state index < -0.39 is 21.5 Å². The summed E-state index contributed by atoms with van der Waals surface area (Å²) in [6.07, 6.45) is 1.45. The minimum atomic E-state index is -3.63. The van der Waals surface area contributed by atoms with E-state index in [1.807, 2.05) is 0 Å². The summed E-state index contributed by atoms with van der Waals surface area (Å²) in [5.41, 5.74) is -0.403. The van der Waals surface area contributed by atoms with Crippen molar-refractivity contribution < 1.29 is 13.2 Å². The van der Waals surface area contributed by atoms with Crippen LogP contribution in [0.5, 0.6) is 0 Å². The second-order valence-electron chi connectivity index (χ2n) is 5.56. The van der Waals surface area contributed by atoms with Gasteiger partial charge in [-0.15, -0.1) is 0 Å². The summed E-state index contributed by atoms with van der Waals surface area (Å²) in [7, 11) is -3.63. The highest BCUT2D eigenvalue weighted by Crippen LogP contribution is 2.20. The van der Waals surface area contributed by atoms with E-state index in [9.17, 15) is 18.0 Å². The quantitative estimate of drug-likeness (QED) is 0.864. The maximum absolute atomic E-state index is 12.6. The number of carbonyl (C=O) groups excluding carboxylic acids is 1. The summed E-state index contributed by atoms with van der Waals surface area (Å²) in [5.74, 6) is -0.398. The van der Waals surface area contributed by atoms with Gasteiger partial charge in [0.25, 0.3) is 11.5 Å². The lowest BCUT2D eigenvalue weighted by molar-refractivity contribution is 0.0696. The van der Waals surface area contributed by atoms with Gasteiger partial charge < -0.3 is 9.88 Å². The lowest BCUT2D eigenvalue weighted by atomic mass is 10.2. The first kappa shape index (κ1) is 17.7. The Morgan fingerprint density at radius 1 is 1.04 bits per heavy atom. The van der Waals surface area contributed by atoms with Crippen LogP contribution in [0.4, 0.5) is 0 Å². The summed E-state index contributed by atoms with van der Waals surface area (Å²) in [6.45, 7) is 0.781. The fraction of sp³-hybridized carbons (Fsp3) is 0.250. The Hall–Kier alpha value is -2.16. The number of piperazine rings is 1. The summed E-state index contributed by atoms with van der Waals surface area (Å²) >= 11 is 5.79. The minimum absolute atomic E-state index is 0.0523. The molecular formula is C16H16ClN3O4S. The summed E-state index contributed by atoms with van der Waals surface area (Å²) in [5, 5.41) is 0.461. The van der Waals surface area contributed by atoms with Gasteiger partial charge in [-0.3, -0.25) is 9.59 Å². The molecule has 1 aromatic heterocycles. The molecule has 1 saturated heterocycles. The number of nitrogens with zero attached hydrogens (tertiary/aromatic N) is 2. The van der Waals surface area contributed by atoms with Crippen LogP contribution in [0, 0.1) is 0 Å². The van der Waals surface area contributed by atoms with Crippen LogP contribution in [0.25, 0.3) is 0 Å². The molecule has 1 fully saturated rings. The van der Waals surface area contributed by atoms with Gasteiger partial charge in [0.1, 0.15) is 5.56 Å². The molecular weight excluding hydrogens is 366 g/mol. The smallest absolute Gasteiger partial charge is 0.260 e. The molecule has 0 unspecified atom stereocenters. The van der Waals surface area contributed by atoms with Gasteiger partial charge in [-0.1, -0.05) is 11.6 Å². The normalized spacial score (nSPS) is 16.0. The largest absolute Gasteiger partial charge is 0.336 e. The van der Waals surface area contributed by atoms with Gasteiger partial charge in [0.05, 0.1) is 4.90 Å². The molecule has 1 N–H and O–H groups in total. The van der Waals surface area contributed by atoms with E-state index in [0.717, 1.165) is 0 Å². The fourth-order valence-electron chi connectivity index (χ4n) is 2.65. The Bertz CT molecular complexity index is 932. The van der Waals surface area contributed by atoms with E-state index in [2.05, 4.69) is 4.98 Å².